The van der Waals surface area contributed by atoms with E-state index in [2.05, 4.69) is 255 Å². The molecule has 3 unspecified atom stereocenters. The van der Waals surface area contributed by atoms with E-state index >= 15 is 0 Å². The van der Waals surface area contributed by atoms with Crippen LogP contribution in [0.4, 0.5) is 0 Å². The van der Waals surface area contributed by atoms with Crippen molar-refractivity contribution in [1.82, 2.24) is 0 Å². The number of unbranched alkanes of at least 4 members (excludes halogenated alkanes) is 1. The molecule has 0 bridgehead atoms. The fraction of sp³-hybridized carbons (Fsp3) is 0.171. The maximum atomic E-state index is 2.77. The number of rotatable bonds is 10. The summed E-state index contributed by atoms with van der Waals surface area (Å²) in [6, 6.07) is 80.4. The van der Waals surface area contributed by atoms with Crippen molar-refractivity contribution < 1.29 is 9.13 Å². The molecule has 4 heterocycles. The van der Waals surface area contributed by atoms with Crippen LogP contribution < -0.4 is 9.13 Å². The Kier molecular flexibility index (Phi) is 11.0. The molecule has 3 atom stereocenters. The van der Waals surface area contributed by atoms with Crippen molar-refractivity contribution >= 4 is 32.3 Å². The van der Waals surface area contributed by atoms with Crippen molar-refractivity contribution in [3.05, 3.63) is 241 Å². The highest BCUT2D eigenvalue weighted by Gasteiger charge is 2.62. The zero-order valence-corrected chi connectivity index (χ0v) is 41.7. The van der Waals surface area contributed by atoms with Gasteiger partial charge in [0.1, 0.15) is 0 Å². The molecule has 0 fully saturated rings. The van der Waals surface area contributed by atoms with E-state index in [0.717, 1.165) is 25.7 Å². The molecule has 0 saturated carbocycles. The van der Waals surface area contributed by atoms with Gasteiger partial charge in [0.25, 0.3) is 0 Å². The summed E-state index contributed by atoms with van der Waals surface area (Å²) >= 11 is 0. The summed E-state index contributed by atoms with van der Waals surface area (Å²) in [6.45, 7) is 7.18. The van der Waals surface area contributed by atoms with Crippen LogP contribution in [0.1, 0.15) is 75.1 Å². The predicted molar refractivity (Wildman–Crippen MR) is 301 cm³/mol. The first kappa shape index (κ1) is 44.0. The number of fused-ring (bicyclic) bond motifs is 11. The van der Waals surface area contributed by atoms with Crippen LogP contribution in [0, 0.1) is 0 Å². The SMILES string of the molecule is CCCCc1cccc2c3[n+](ccc12)C(CC)(C1Cc2ccc(-c4cccc(-c5cc(-c6ccccc6)cc(-c6cccc7ccccc67)c5)c4)cc2-c2c4ccccc4cc[n+]21)C(CC)c1ccccc1-3. The van der Waals surface area contributed by atoms with Gasteiger partial charge in [-0.1, -0.05) is 179 Å². The highest BCUT2D eigenvalue weighted by atomic mass is 15.2. The molecule has 0 N–H and O–H groups in total. The molecule has 0 spiro atoms. The van der Waals surface area contributed by atoms with Gasteiger partial charge in [0.05, 0.1) is 27.8 Å². The Bertz CT molecular complexity index is 3880. The van der Waals surface area contributed by atoms with E-state index in [1.807, 2.05) is 0 Å². The lowest BCUT2D eigenvalue weighted by atomic mass is 9.64. The van der Waals surface area contributed by atoms with E-state index in [1.54, 1.807) is 0 Å². The lowest BCUT2D eigenvalue weighted by Crippen LogP contribution is -2.71. The van der Waals surface area contributed by atoms with Gasteiger partial charge in [0.15, 0.2) is 12.4 Å². The summed E-state index contributed by atoms with van der Waals surface area (Å²) in [4.78, 5) is 0. The van der Waals surface area contributed by atoms with Gasteiger partial charge in [-0.05, 0) is 151 Å². The van der Waals surface area contributed by atoms with Gasteiger partial charge in [-0.25, -0.2) is 0 Å². The third kappa shape index (κ3) is 7.06. The first-order valence-electron chi connectivity index (χ1n) is 26.5. The van der Waals surface area contributed by atoms with Gasteiger partial charge >= 0.3 is 0 Å². The van der Waals surface area contributed by atoms with Crippen LogP contribution >= 0.6 is 0 Å². The molecule has 2 heteroatoms. The average molecular weight is 929 g/mol. The normalized spacial score (nSPS) is 16.8. The summed E-state index contributed by atoms with van der Waals surface area (Å²) in [5.41, 5.74) is 19.3. The first-order valence-corrected chi connectivity index (χ1v) is 26.5. The van der Waals surface area contributed by atoms with Crippen molar-refractivity contribution in [2.45, 2.75) is 76.8 Å². The molecule has 0 radical (unpaired) electrons. The molecule has 0 amide bonds. The number of pyridine rings is 2. The van der Waals surface area contributed by atoms with Gasteiger partial charge in [-0.2, -0.15) is 9.13 Å². The van der Waals surface area contributed by atoms with E-state index in [4.69, 9.17) is 0 Å². The maximum absolute atomic E-state index is 2.77. The molecule has 9 aromatic carbocycles. The summed E-state index contributed by atoms with van der Waals surface area (Å²) in [7, 11) is 0. The van der Waals surface area contributed by atoms with Gasteiger partial charge < -0.3 is 0 Å². The molecule has 2 aliphatic rings. The monoisotopic (exact) mass is 928 g/mol. The van der Waals surface area contributed by atoms with E-state index in [1.165, 1.54) is 129 Å². The summed E-state index contributed by atoms with van der Waals surface area (Å²) in [6.07, 6.45) is 11.4. The van der Waals surface area contributed by atoms with E-state index in [-0.39, 0.29) is 11.6 Å². The Balaban J connectivity index is 0.967. The minimum atomic E-state index is -0.252. The Labute approximate surface area is 424 Å². The number of hydrogen-bond acceptors (Lipinski definition) is 0. The Morgan fingerprint density at radius 1 is 0.444 bits per heavy atom. The number of benzene rings is 9. The molecular formula is C70H60N2+2. The van der Waals surface area contributed by atoms with Gasteiger partial charge in [0.2, 0.25) is 23.0 Å². The molecule has 72 heavy (non-hydrogen) atoms. The molecular weight excluding hydrogens is 869 g/mol. The molecule has 11 aromatic rings. The van der Waals surface area contributed by atoms with Gasteiger partial charge in [0, 0.05) is 25.0 Å². The molecule has 2 nitrogen and oxygen atoms in total. The van der Waals surface area contributed by atoms with Gasteiger partial charge in [-0.3, -0.25) is 0 Å². The smallest absolute Gasteiger partial charge is 0.187 e. The average Bonchev–Trinajstić information content (AvgIpc) is 3.45. The molecule has 0 saturated heterocycles. The van der Waals surface area contributed by atoms with Crippen molar-refractivity contribution in [3.63, 3.8) is 0 Å². The highest BCUT2D eigenvalue weighted by Crippen LogP contribution is 2.53. The van der Waals surface area contributed by atoms with Crippen LogP contribution in [0.5, 0.6) is 0 Å². The zero-order valence-electron chi connectivity index (χ0n) is 41.7. The molecule has 2 aromatic heterocycles. The topological polar surface area (TPSA) is 7.76 Å². The molecule has 2 aliphatic heterocycles. The lowest BCUT2D eigenvalue weighted by molar-refractivity contribution is -0.844. The van der Waals surface area contributed by atoms with E-state index in [9.17, 15) is 0 Å². The molecule has 0 aliphatic carbocycles. The minimum Gasteiger partial charge on any atom is -0.187 e. The van der Waals surface area contributed by atoms with E-state index < -0.39 is 0 Å². The van der Waals surface area contributed by atoms with Crippen LogP contribution in [0.15, 0.2) is 225 Å². The summed E-state index contributed by atoms with van der Waals surface area (Å²) < 4.78 is 5.49. The van der Waals surface area contributed by atoms with Crippen molar-refractivity contribution in [2.24, 2.45) is 0 Å². The van der Waals surface area contributed by atoms with Crippen LogP contribution in [0.2, 0.25) is 0 Å². The first-order chi connectivity index (χ1) is 35.6. The standard InChI is InChI=1S/C70H60N2/c1-4-7-20-48-26-19-34-63-60(48)38-40-72-69(63)64-32-16-15-31-62(64)66(5-2)70(72,6-3)67-46-54-36-35-53(45-65(54)68-61-30-14-12-24-50(61)37-39-71(67)68)51-27-17-28-52(41-51)56-42-55(47-21-9-8-10-22-47)43-57(44-56)59-33-18-25-49-23-11-13-29-58(49)59/h8-19,21-45,66-67H,4-7,20,46H2,1-3H3/q+2. The number of aromatic nitrogens is 2. The minimum absolute atomic E-state index is 0.152. The Hall–Kier alpha value is -7.94. The van der Waals surface area contributed by atoms with Crippen molar-refractivity contribution in [3.8, 4) is 67.0 Å². The van der Waals surface area contributed by atoms with Crippen molar-refractivity contribution in [1.29, 1.82) is 0 Å². The van der Waals surface area contributed by atoms with Gasteiger partial charge in [-0.15, -0.1) is 0 Å². The third-order valence-electron chi connectivity index (χ3n) is 16.8. The summed E-state index contributed by atoms with van der Waals surface area (Å²) in [5.74, 6) is 0.304. The number of hydrogen-bond donors (Lipinski definition) is 0. The van der Waals surface area contributed by atoms with E-state index in [0.29, 0.717) is 5.92 Å². The van der Waals surface area contributed by atoms with Crippen LogP contribution in [0.25, 0.3) is 99.3 Å². The summed E-state index contributed by atoms with van der Waals surface area (Å²) in [5, 5.41) is 7.86. The lowest BCUT2D eigenvalue weighted by Gasteiger charge is -2.43. The fourth-order valence-electron chi connectivity index (χ4n) is 13.4. The number of aryl methyl sites for hydroxylation is 1. The second kappa shape index (κ2) is 18.0. The predicted octanol–water partition coefficient (Wildman–Crippen LogP) is 17.5. The zero-order chi connectivity index (χ0) is 48.3. The highest BCUT2D eigenvalue weighted by molar-refractivity contribution is 5.99. The molecule has 13 rings (SSSR count). The largest absolute Gasteiger partial charge is 0.235 e. The number of nitrogens with zero attached hydrogens (tertiary/aromatic N) is 2. The Morgan fingerprint density at radius 3 is 1.89 bits per heavy atom. The molecule has 348 valence electrons. The fourth-order valence-corrected chi connectivity index (χ4v) is 13.4. The maximum Gasteiger partial charge on any atom is 0.235 e. The Morgan fingerprint density at radius 2 is 1.07 bits per heavy atom. The second-order valence-electron chi connectivity index (χ2n) is 20.4. The second-order valence-corrected chi connectivity index (χ2v) is 20.4. The quantitative estimate of drug-likeness (QED) is 0.121. The van der Waals surface area contributed by atoms with Crippen molar-refractivity contribution in [2.75, 3.05) is 0 Å². The van der Waals surface area contributed by atoms with Crippen LogP contribution in [0.3, 0.4) is 0 Å². The third-order valence-corrected chi connectivity index (χ3v) is 16.8. The van der Waals surface area contributed by atoms with Crippen LogP contribution in [-0.2, 0) is 18.4 Å². The van der Waals surface area contributed by atoms with Crippen LogP contribution in [-0.4, -0.2) is 0 Å².